The maximum Gasteiger partial charge on any atom is 0.313 e. The van der Waals surface area contributed by atoms with Crippen molar-refractivity contribution in [2.75, 3.05) is 20.0 Å². The van der Waals surface area contributed by atoms with E-state index in [0.717, 1.165) is 58.3 Å². The van der Waals surface area contributed by atoms with E-state index in [4.69, 9.17) is 14.5 Å². The van der Waals surface area contributed by atoms with Crippen LogP contribution in [0.5, 0.6) is 11.5 Å². The number of thioether (sulfide) groups is 1. The van der Waals surface area contributed by atoms with Crippen molar-refractivity contribution in [1.82, 2.24) is 4.98 Å². The minimum atomic E-state index is -0.843. The van der Waals surface area contributed by atoms with E-state index in [1.807, 2.05) is 30.3 Å². The van der Waals surface area contributed by atoms with Gasteiger partial charge in [0.1, 0.15) is 11.5 Å². The standard InChI is InChI=1S/C25H25NO5S/c1-30-17-9-7-16(23(13-17)31-2)12-22(27)15-8-10-19-21(11-15)26-20-6-4-3-5-18(20)25(19)32-14-24(28)29/h7-11,13H,3-6,12,14H2,1-2H3,(H,28,29). The van der Waals surface area contributed by atoms with Crippen molar-refractivity contribution in [1.29, 1.82) is 0 Å². The second kappa shape index (κ2) is 9.61. The van der Waals surface area contributed by atoms with Crippen LogP contribution >= 0.6 is 11.8 Å². The van der Waals surface area contributed by atoms with Crippen LogP contribution in [0.3, 0.4) is 0 Å². The maximum atomic E-state index is 13.1. The fourth-order valence-electron chi connectivity index (χ4n) is 4.13. The molecule has 0 atom stereocenters. The van der Waals surface area contributed by atoms with Gasteiger partial charge in [0.25, 0.3) is 0 Å². The predicted octanol–water partition coefficient (Wildman–Crippen LogP) is 4.73. The Morgan fingerprint density at radius 3 is 2.62 bits per heavy atom. The molecule has 0 bridgehead atoms. The Bertz CT molecular complexity index is 1190. The number of ether oxygens (including phenoxy) is 2. The van der Waals surface area contributed by atoms with Crippen molar-refractivity contribution < 1.29 is 24.2 Å². The number of methoxy groups -OCH3 is 2. The molecule has 0 saturated heterocycles. The molecule has 32 heavy (non-hydrogen) atoms. The number of aromatic nitrogens is 1. The Labute approximate surface area is 191 Å². The zero-order chi connectivity index (χ0) is 22.7. The Morgan fingerprint density at radius 1 is 1.06 bits per heavy atom. The summed E-state index contributed by atoms with van der Waals surface area (Å²) in [7, 11) is 3.16. The van der Waals surface area contributed by atoms with Crippen molar-refractivity contribution in [3.8, 4) is 11.5 Å². The SMILES string of the molecule is COc1ccc(CC(=O)c2ccc3c(SCC(=O)O)c4c(nc3c2)CCCC4)c(OC)c1. The highest BCUT2D eigenvalue weighted by molar-refractivity contribution is 8.00. The number of fused-ring (bicyclic) bond motifs is 2. The summed E-state index contributed by atoms with van der Waals surface area (Å²) < 4.78 is 10.7. The van der Waals surface area contributed by atoms with Crippen LogP contribution in [0.1, 0.15) is 40.0 Å². The summed E-state index contributed by atoms with van der Waals surface area (Å²) in [5.74, 6) is 0.408. The first-order chi connectivity index (χ1) is 15.5. The van der Waals surface area contributed by atoms with E-state index in [0.29, 0.717) is 17.1 Å². The van der Waals surface area contributed by atoms with Crippen LogP contribution in [0.15, 0.2) is 41.3 Å². The molecular formula is C25H25NO5S. The normalized spacial score (nSPS) is 12.9. The van der Waals surface area contributed by atoms with E-state index in [-0.39, 0.29) is 18.0 Å². The average Bonchev–Trinajstić information content (AvgIpc) is 2.81. The van der Waals surface area contributed by atoms with Gasteiger partial charge in [0.05, 0.1) is 25.5 Å². The number of rotatable bonds is 8. The van der Waals surface area contributed by atoms with E-state index in [1.54, 1.807) is 20.3 Å². The first kappa shape index (κ1) is 22.1. The molecule has 1 N–H and O–H groups in total. The highest BCUT2D eigenvalue weighted by Crippen LogP contribution is 2.36. The highest BCUT2D eigenvalue weighted by atomic mass is 32.2. The number of carboxylic acids is 1. The molecule has 0 unspecified atom stereocenters. The molecule has 0 aliphatic heterocycles. The number of nitrogens with zero attached hydrogens (tertiary/aromatic N) is 1. The number of hydrogen-bond acceptors (Lipinski definition) is 6. The molecule has 0 spiro atoms. The van der Waals surface area contributed by atoms with Crippen molar-refractivity contribution in [3.63, 3.8) is 0 Å². The topological polar surface area (TPSA) is 85.7 Å². The van der Waals surface area contributed by atoms with Crippen LogP contribution < -0.4 is 9.47 Å². The summed E-state index contributed by atoms with van der Waals surface area (Å²) in [6.45, 7) is 0. The van der Waals surface area contributed by atoms with E-state index in [2.05, 4.69) is 0 Å². The van der Waals surface area contributed by atoms with Gasteiger partial charge < -0.3 is 14.6 Å². The lowest BCUT2D eigenvalue weighted by Gasteiger charge is -2.20. The van der Waals surface area contributed by atoms with Gasteiger partial charge in [-0.3, -0.25) is 14.6 Å². The molecule has 0 fully saturated rings. The number of pyridine rings is 1. The van der Waals surface area contributed by atoms with Crippen LogP contribution in [0, 0.1) is 0 Å². The molecule has 1 aromatic heterocycles. The number of aryl methyl sites for hydroxylation is 1. The molecule has 2 aromatic carbocycles. The summed E-state index contributed by atoms with van der Waals surface area (Å²) in [5, 5.41) is 10.1. The number of carbonyl (C=O) groups is 2. The van der Waals surface area contributed by atoms with Crippen molar-refractivity contribution >= 4 is 34.4 Å². The number of carbonyl (C=O) groups excluding carboxylic acids is 1. The highest BCUT2D eigenvalue weighted by Gasteiger charge is 2.20. The number of carboxylic acid groups (broad SMARTS) is 1. The molecular weight excluding hydrogens is 426 g/mol. The van der Waals surface area contributed by atoms with Gasteiger partial charge in [-0.25, -0.2) is 0 Å². The first-order valence-electron chi connectivity index (χ1n) is 10.5. The summed E-state index contributed by atoms with van der Waals surface area (Å²) >= 11 is 1.35. The third-order valence-electron chi connectivity index (χ3n) is 5.72. The molecule has 1 aliphatic carbocycles. The second-order valence-corrected chi connectivity index (χ2v) is 8.75. The average molecular weight is 452 g/mol. The fraction of sp³-hybridized carbons (Fsp3) is 0.320. The van der Waals surface area contributed by atoms with Gasteiger partial charge in [0, 0.05) is 39.6 Å². The Kier molecular flexibility index (Phi) is 6.65. The zero-order valence-electron chi connectivity index (χ0n) is 18.1. The predicted molar refractivity (Wildman–Crippen MR) is 124 cm³/mol. The number of aliphatic carboxylic acids is 1. The molecule has 1 aliphatic rings. The molecule has 4 rings (SSSR count). The second-order valence-electron chi connectivity index (χ2n) is 7.77. The molecule has 0 amide bonds. The van der Waals surface area contributed by atoms with Gasteiger partial charge >= 0.3 is 5.97 Å². The number of hydrogen-bond donors (Lipinski definition) is 1. The molecule has 0 saturated carbocycles. The van der Waals surface area contributed by atoms with Gasteiger partial charge in [-0.15, -0.1) is 11.8 Å². The molecule has 166 valence electrons. The lowest BCUT2D eigenvalue weighted by molar-refractivity contribution is -0.133. The summed E-state index contributed by atoms with van der Waals surface area (Å²) in [6, 6.07) is 11.0. The Hall–Kier alpha value is -3.06. The molecule has 6 nitrogen and oxygen atoms in total. The van der Waals surface area contributed by atoms with Crippen LogP contribution in [0.25, 0.3) is 10.9 Å². The van der Waals surface area contributed by atoms with Gasteiger partial charge in [0.2, 0.25) is 0 Å². The first-order valence-corrected chi connectivity index (χ1v) is 11.5. The van der Waals surface area contributed by atoms with Crippen molar-refractivity contribution in [2.24, 2.45) is 0 Å². The van der Waals surface area contributed by atoms with Gasteiger partial charge in [0.15, 0.2) is 5.78 Å². The molecule has 3 aromatic rings. The van der Waals surface area contributed by atoms with Crippen LogP contribution in [-0.2, 0) is 24.1 Å². The third-order valence-corrected chi connectivity index (χ3v) is 6.86. The molecule has 1 heterocycles. The summed E-state index contributed by atoms with van der Waals surface area (Å²) in [4.78, 5) is 30.1. The summed E-state index contributed by atoms with van der Waals surface area (Å²) in [5.41, 5.74) is 4.29. The lowest BCUT2D eigenvalue weighted by atomic mass is 9.93. The molecule has 0 radical (unpaired) electrons. The zero-order valence-corrected chi connectivity index (χ0v) is 19.0. The van der Waals surface area contributed by atoms with Gasteiger partial charge in [-0.2, -0.15) is 0 Å². The van der Waals surface area contributed by atoms with E-state index in [1.165, 1.54) is 11.8 Å². The van der Waals surface area contributed by atoms with E-state index < -0.39 is 5.97 Å². The lowest BCUT2D eigenvalue weighted by Crippen LogP contribution is -2.10. The van der Waals surface area contributed by atoms with Gasteiger partial charge in [-0.1, -0.05) is 18.2 Å². The smallest absolute Gasteiger partial charge is 0.313 e. The monoisotopic (exact) mass is 451 g/mol. The Balaban J connectivity index is 1.69. The number of benzene rings is 2. The van der Waals surface area contributed by atoms with Crippen LogP contribution in [0.2, 0.25) is 0 Å². The minimum Gasteiger partial charge on any atom is -0.497 e. The fourth-order valence-corrected chi connectivity index (χ4v) is 5.12. The maximum absolute atomic E-state index is 13.1. The third kappa shape index (κ3) is 4.58. The van der Waals surface area contributed by atoms with E-state index in [9.17, 15) is 14.7 Å². The minimum absolute atomic E-state index is 0.00347. The summed E-state index contributed by atoms with van der Waals surface area (Å²) in [6.07, 6.45) is 4.15. The van der Waals surface area contributed by atoms with Crippen molar-refractivity contribution in [3.05, 3.63) is 58.8 Å². The largest absolute Gasteiger partial charge is 0.497 e. The number of ketones is 1. The van der Waals surface area contributed by atoms with Crippen LogP contribution in [0.4, 0.5) is 0 Å². The molecule has 7 heteroatoms. The van der Waals surface area contributed by atoms with Crippen molar-refractivity contribution in [2.45, 2.75) is 37.0 Å². The quantitative estimate of drug-likeness (QED) is 0.391. The van der Waals surface area contributed by atoms with Gasteiger partial charge in [-0.05, 0) is 43.4 Å². The van der Waals surface area contributed by atoms with E-state index >= 15 is 0 Å². The Morgan fingerprint density at radius 2 is 1.88 bits per heavy atom. The van der Waals surface area contributed by atoms with Crippen LogP contribution in [-0.4, -0.2) is 41.8 Å². The number of Topliss-reactive ketones (excluding diaryl/α,β-unsaturated/α-hetero) is 1.